The Balaban J connectivity index is 1.57. The Morgan fingerprint density at radius 3 is 2.67 bits per heavy atom. The van der Waals surface area contributed by atoms with Crippen molar-refractivity contribution in [1.29, 1.82) is 0 Å². The molecule has 0 spiro atoms. The molecule has 0 atom stereocenters. The van der Waals surface area contributed by atoms with Gasteiger partial charge in [-0.1, -0.05) is 31.4 Å². The summed E-state index contributed by atoms with van der Waals surface area (Å²) in [6, 6.07) is 2.80. The van der Waals surface area contributed by atoms with Crippen molar-refractivity contribution in [3.8, 4) is 0 Å². The molecule has 4 heteroatoms. The molecule has 21 heavy (non-hydrogen) atoms. The smallest absolute Gasteiger partial charge is 0.147 e. The first-order chi connectivity index (χ1) is 10.3. The summed E-state index contributed by atoms with van der Waals surface area (Å²) in [5, 5.41) is 4.31. The van der Waals surface area contributed by atoms with Gasteiger partial charge in [0.15, 0.2) is 0 Å². The van der Waals surface area contributed by atoms with Gasteiger partial charge in [0.25, 0.3) is 0 Å². The maximum atomic E-state index is 6.46. The van der Waals surface area contributed by atoms with Gasteiger partial charge < -0.3 is 10.2 Å². The van der Waals surface area contributed by atoms with Crippen LogP contribution in [0.1, 0.15) is 51.0 Å². The molecular weight excluding hydrogens is 282 g/mol. The van der Waals surface area contributed by atoms with Gasteiger partial charge in [-0.3, -0.25) is 0 Å². The Hall–Kier alpha value is -0.800. The third-order valence-electron chi connectivity index (χ3n) is 4.66. The largest absolute Gasteiger partial charge is 0.355 e. The normalized spacial score (nSPS) is 20.0. The molecule has 0 radical (unpaired) electrons. The predicted molar refractivity (Wildman–Crippen MR) is 89.0 cm³/mol. The van der Waals surface area contributed by atoms with Crippen LogP contribution in [-0.4, -0.2) is 24.1 Å². The van der Waals surface area contributed by atoms with Crippen molar-refractivity contribution >= 4 is 17.4 Å². The molecule has 0 unspecified atom stereocenters. The van der Waals surface area contributed by atoms with E-state index in [2.05, 4.69) is 28.2 Å². The third-order valence-corrected chi connectivity index (χ3v) is 4.94. The topological polar surface area (TPSA) is 28.2 Å². The zero-order valence-corrected chi connectivity index (χ0v) is 13.7. The third kappa shape index (κ3) is 4.10. The molecule has 3 rings (SSSR count). The fourth-order valence-corrected chi connectivity index (χ4v) is 3.50. The molecule has 1 saturated heterocycles. The lowest BCUT2D eigenvalue weighted by atomic mass is 9.92. The highest BCUT2D eigenvalue weighted by Crippen LogP contribution is 2.30. The van der Waals surface area contributed by atoms with Crippen LogP contribution in [0.4, 0.5) is 5.82 Å². The zero-order valence-electron chi connectivity index (χ0n) is 12.9. The van der Waals surface area contributed by atoms with E-state index < -0.39 is 0 Å². The molecule has 1 aromatic rings. The molecule has 2 fully saturated rings. The molecule has 1 aliphatic carbocycles. The standard InChI is InChI=1S/C17H26ClN3/c1-2-3-13-6-8-21(9-7-13)17-16(18)10-14(12-20-17)11-19-15-4-5-15/h10,12-13,15,19H,2-9,11H2,1H3. The van der Waals surface area contributed by atoms with E-state index in [0.29, 0.717) is 0 Å². The van der Waals surface area contributed by atoms with Crippen molar-refractivity contribution in [2.75, 3.05) is 18.0 Å². The summed E-state index contributed by atoms with van der Waals surface area (Å²) < 4.78 is 0. The molecule has 0 aromatic carbocycles. The van der Waals surface area contributed by atoms with Crippen LogP contribution in [0.3, 0.4) is 0 Å². The van der Waals surface area contributed by atoms with Crippen molar-refractivity contribution in [2.45, 2.75) is 58.0 Å². The number of anilines is 1. The molecule has 1 N–H and O–H groups in total. The van der Waals surface area contributed by atoms with Crippen molar-refractivity contribution in [1.82, 2.24) is 10.3 Å². The minimum absolute atomic E-state index is 0.723. The second-order valence-corrected chi connectivity index (χ2v) is 6.93. The first-order valence-electron chi connectivity index (χ1n) is 8.39. The van der Waals surface area contributed by atoms with Crippen LogP contribution in [0.15, 0.2) is 12.3 Å². The average molecular weight is 308 g/mol. The maximum Gasteiger partial charge on any atom is 0.147 e. The molecular formula is C17H26ClN3. The molecule has 2 heterocycles. The summed E-state index contributed by atoms with van der Waals surface area (Å²) in [6.07, 6.45) is 9.81. The van der Waals surface area contributed by atoms with Crippen LogP contribution in [-0.2, 0) is 6.54 Å². The zero-order chi connectivity index (χ0) is 14.7. The number of halogens is 1. The van der Waals surface area contributed by atoms with Gasteiger partial charge in [-0.05, 0) is 43.2 Å². The van der Waals surface area contributed by atoms with Crippen LogP contribution in [0.5, 0.6) is 0 Å². The highest BCUT2D eigenvalue weighted by Gasteiger charge is 2.22. The van der Waals surface area contributed by atoms with Gasteiger partial charge in [0.2, 0.25) is 0 Å². The van der Waals surface area contributed by atoms with Gasteiger partial charge in [-0.2, -0.15) is 0 Å². The number of hydrogen-bond acceptors (Lipinski definition) is 3. The monoisotopic (exact) mass is 307 g/mol. The van der Waals surface area contributed by atoms with E-state index in [1.54, 1.807) is 0 Å². The first kappa shape index (κ1) is 15.1. The van der Waals surface area contributed by atoms with Crippen LogP contribution in [0, 0.1) is 5.92 Å². The lowest BCUT2D eigenvalue weighted by molar-refractivity contribution is 0.377. The van der Waals surface area contributed by atoms with Gasteiger partial charge in [0.1, 0.15) is 5.82 Å². The number of nitrogens with zero attached hydrogens (tertiary/aromatic N) is 2. The van der Waals surface area contributed by atoms with Gasteiger partial charge in [0.05, 0.1) is 5.02 Å². The Labute approximate surface area is 133 Å². The van der Waals surface area contributed by atoms with E-state index in [1.165, 1.54) is 44.1 Å². The Morgan fingerprint density at radius 2 is 2.05 bits per heavy atom. The van der Waals surface area contributed by atoms with E-state index >= 15 is 0 Å². The Morgan fingerprint density at radius 1 is 1.29 bits per heavy atom. The lowest BCUT2D eigenvalue weighted by Gasteiger charge is -2.33. The molecule has 2 aliphatic rings. The quantitative estimate of drug-likeness (QED) is 0.861. The van der Waals surface area contributed by atoms with Gasteiger partial charge in [0, 0.05) is 31.9 Å². The SMILES string of the molecule is CCCC1CCN(c2ncc(CNC3CC3)cc2Cl)CC1. The van der Waals surface area contributed by atoms with E-state index in [1.807, 2.05) is 6.20 Å². The number of nitrogens with one attached hydrogen (secondary N) is 1. The fraction of sp³-hybridized carbons (Fsp3) is 0.706. The van der Waals surface area contributed by atoms with Gasteiger partial charge in [-0.25, -0.2) is 4.98 Å². The predicted octanol–water partition coefficient (Wildman–Crippen LogP) is 4.00. The van der Waals surface area contributed by atoms with Gasteiger partial charge in [-0.15, -0.1) is 0 Å². The van der Waals surface area contributed by atoms with Crippen molar-refractivity contribution in [2.24, 2.45) is 5.92 Å². The highest BCUT2D eigenvalue weighted by atomic mass is 35.5. The second-order valence-electron chi connectivity index (χ2n) is 6.52. The molecule has 0 amide bonds. The molecule has 116 valence electrons. The summed E-state index contributed by atoms with van der Waals surface area (Å²) >= 11 is 6.46. The summed E-state index contributed by atoms with van der Waals surface area (Å²) in [4.78, 5) is 6.98. The summed E-state index contributed by atoms with van der Waals surface area (Å²) in [5.74, 6) is 1.87. The van der Waals surface area contributed by atoms with E-state index in [9.17, 15) is 0 Å². The first-order valence-corrected chi connectivity index (χ1v) is 8.76. The van der Waals surface area contributed by atoms with Crippen molar-refractivity contribution in [3.05, 3.63) is 22.8 Å². The molecule has 1 aromatic heterocycles. The number of rotatable bonds is 6. The molecule has 0 bridgehead atoms. The highest BCUT2D eigenvalue weighted by molar-refractivity contribution is 6.33. The van der Waals surface area contributed by atoms with Gasteiger partial charge >= 0.3 is 0 Å². The Kier molecular flexibility index (Phi) is 5.02. The molecule has 3 nitrogen and oxygen atoms in total. The number of piperidine rings is 1. The molecule has 1 aliphatic heterocycles. The number of hydrogen-bond donors (Lipinski definition) is 1. The second kappa shape index (κ2) is 6.97. The van der Waals surface area contributed by atoms with E-state index in [4.69, 9.17) is 11.6 Å². The summed E-state index contributed by atoms with van der Waals surface area (Å²) in [6.45, 7) is 5.35. The van der Waals surface area contributed by atoms with E-state index in [-0.39, 0.29) is 0 Å². The Bertz CT molecular complexity index is 465. The van der Waals surface area contributed by atoms with Crippen LogP contribution in [0.2, 0.25) is 5.02 Å². The van der Waals surface area contributed by atoms with Crippen LogP contribution < -0.4 is 10.2 Å². The van der Waals surface area contributed by atoms with Crippen LogP contribution in [0.25, 0.3) is 0 Å². The van der Waals surface area contributed by atoms with Crippen LogP contribution >= 0.6 is 11.6 Å². The lowest BCUT2D eigenvalue weighted by Crippen LogP contribution is -2.34. The number of pyridine rings is 1. The summed E-state index contributed by atoms with van der Waals surface area (Å²) in [5.41, 5.74) is 1.19. The van der Waals surface area contributed by atoms with Crippen molar-refractivity contribution < 1.29 is 0 Å². The fourth-order valence-electron chi connectivity index (χ4n) is 3.19. The average Bonchev–Trinajstić information content (AvgIpc) is 3.31. The minimum atomic E-state index is 0.723. The maximum absolute atomic E-state index is 6.46. The summed E-state index contributed by atoms with van der Waals surface area (Å²) in [7, 11) is 0. The van der Waals surface area contributed by atoms with Crippen molar-refractivity contribution in [3.63, 3.8) is 0 Å². The molecule has 1 saturated carbocycles. The number of aromatic nitrogens is 1. The minimum Gasteiger partial charge on any atom is -0.355 e. The van der Waals surface area contributed by atoms with E-state index in [0.717, 1.165) is 42.4 Å².